The van der Waals surface area contributed by atoms with E-state index in [0.29, 0.717) is 28.9 Å². The number of H-pyrrole nitrogens is 1. The van der Waals surface area contributed by atoms with Gasteiger partial charge in [-0.05, 0) is 43.7 Å². The molecule has 0 amide bonds. The van der Waals surface area contributed by atoms with Gasteiger partial charge in [-0.25, -0.2) is 4.98 Å². The number of thioether (sulfide) groups is 1. The minimum absolute atomic E-state index is 0.0254. The summed E-state index contributed by atoms with van der Waals surface area (Å²) in [5, 5.41) is 7.73. The number of aromatic amines is 1. The van der Waals surface area contributed by atoms with Crippen LogP contribution in [0.4, 0.5) is 0 Å². The smallest absolute Gasteiger partial charge is 0.208 e. The average Bonchev–Trinajstić information content (AvgIpc) is 3.13. The molecule has 0 fully saturated rings. The highest BCUT2D eigenvalue weighted by Gasteiger charge is 2.11. The number of aromatic nitrogens is 3. The van der Waals surface area contributed by atoms with Crippen LogP contribution in [0.5, 0.6) is 11.5 Å². The number of hydrogen-bond donors (Lipinski definition) is 1. The molecule has 1 N–H and O–H groups in total. The lowest BCUT2D eigenvalue weighted by molar-refractivity contribution is 0.101. The van der Waals surface area contributed by atoms with Gasteiger partial charge in [-0.1, -0.05) is 30.0 Å². The molecule has 140 valence electrons. The Kier molecular flexibility index (Phi) is 6.13. The Morgan fingerprint density at radius 1 is 1.19 bits per heavy atom. The fourth-order valence-electron chi connectivity index (χ4n) is 2.52. The van der Waals surface area contributed by atoms with Gasteiger partial charge in [0.05, 0.1) is 7.11 Å². The Morgan fingerprint density at radius 2 is 2.00 bits per heavy atom. The number of ketones is 1. The normalized spacial score (nSPS) is 10.6. The minimum atomic E-state index is 0.0254. The van der Waals surface area contributed by atoms with Crippen molar-refractivity contribution in [3.8, 4) is 11.5 Å². The van der Waals surface area contributed by atoms with Gasteiger partial charge in [0, 0.05) is 16.9 Å². The topological polar surface area (TPSA) is 77.1 Å². The van der Waals surface area contributed by atoms with E-state index < -0.39 is 0 Å². The van der Waals surface area contributed by atoms with Crippen LogP contribution < -0.4 is 9.47 Å². The molecule has 6 nitrogen and oxygen atoms in total. The van der Waals surface area contributed by atoms with Gasteiger partial charge in [0.1, 0.15) is 18.1 Å². The van der Waals surface area contributed by atoms with Crippen LogP contribution in [-0.2, 0) is 12.4 Å². The van der Waals surface area contributed by atoms with E-state index >= 15 is 0 Å². The number of hydrogen-bond acceptors (Lipinski definition) is 6. The van der Waals surface area contributed by atoms with E-state index in [2.05, 4.69) is 15.2 Å². The molecule has 27 heavy (non-hydrogen) atoms. The van der Waals surface area contributed by atoms with Crippen LogP contribution in [0.15, 0.2) is 47.6 Å². The summed E-state index contributed by atoms with van der Waals surface area (Å²) in [6, 6.07) is 13.3. The molecular weight excluding hydrogens is 362 g/mol. The summed E-state index contributed by atoms with van der Waals surface area (Å²) < 4.78 is 11.2. The number of methoxy groups -OCH3 is 1. The number of ether oxygens (including phenoxy) is 2. The van der Waals surface area contributed by atoms with E-state index in [4.69, 9.17) is 9.47 Å². The number of aryl methyl sites for hydroxylation is 1. The van der Waals surface area contributed by atoms with Gasteiger partial charge in [-0.15, -0.1) is 5.10 Å². The van der Waals surface area contributed by atoms with Crippen molar-refractivity contribution in [2.45, 2.75) is 31.4 Å². The highest BCUT2D eigenvalue weighted by molar-refractivity contribution is 7.98. The van der Waals surface area contributed by atoms with E-state index in [1.807, 2.05) is 43.3 Å². The third-order valence-corrected chi connectivity index (χ3v) is 4.91. The first-order valence-electron chi connectivity index (χ1n) is 8.47. The lowest BCUT2D eigenvalue weighted by atomic mass is 10.1. The molecule has 0 radical (unpaired) electrons. The molecule has 0 aliphatic rings. The lowest BCUT2D eigenvalue weighted by Crippen LogP contribution is -1.99. The molecule has 1 heterocycles. The van der Waals surface area contributed by atoms with Gasteiger partial charge in [-0.2, -0.15) is 0 Å². The molecular formula is C20H21N3O3S. The van der Waals surface area contributed by atoms with Crippen LogP contribution in [0.25, 0.3) is 0 Å². The summed E-state index contributed by atoms with van der Waals surface area (Å²) >= 11 is 1.47. The van der Waals surface area contributed by atoms with Gasteiger partial charge in [-0.3, -0.25) is 9.89 Å². The van der Waals surface area contributed by atoms with E-state index in [-0.39, 0.29) is 5.78 Å². The van der Waals surface area contributed by atoms with Crippen molar-refractivity contribution in [2.75, 3.05) is 7.11 Å². The molecule has 0 aliphatic heterocycles. The van der Waals surface area contributed by atoms with Crippen molar-refractivity contribution in [3.63, 3.8) is 0 Å². The summed E-state index contributed by atoms with van der Waals surface area (Å²) in [7, 11) is 1.62. The summed E-state index contributed by atoms with van der Waals surface area (Å²) in [6.07, 6.45) is 0. The maximum atomic E-state index is 11.6. The first kappa shape index (κ1) is 19.0. The number of carbonyl (C=O) groups excluding carboxylic acids is 1. The number of rotatable bonds is 8. The van der Waals surface area contributed by atoms with Crippen molar-refractivity contribution >= 4 is 17.5 Å². The average molecular weight is 383 g/mol. The van der Waals surface area contributed by atoms with Crippen molar-refractivity contribution in [1.82, 2.24) is 15.2 Å². The molecule has 2 aromatic carbocycles. The Morgan fingerprint density at radius 3 is 2.74 bits per heavy atom. The predicted molar refractivity (Wildman–Crippen MR) is 104 cm³/mol. The third-order valence-electron chi connectivity index (χ3n) is 4.01. The van der Waals surface area contributed by atoms with Gasteiger partial charge in [0.2, 0.25) is 5.16 Å². The first-order valence-corrected chi connectivity index (χ1v) is 9.45. The maximum absolute atomic E-state index is 11.6. The zero-order valence-corrected chi connectivity index (χ0v) is 16.3. The Labute approximate surface area is 162 Å². The second kappa shape index (κ2) is 8.73. The molecule has 7 heteroatoms. The highest BCUT2D eigenvalue weighted by atomic mass is 32.2. The van der Waals surface area contributed by atoms with Crippen LogP contribution in [0.2, 0.25) is 0 Å². The molecule has 0 spiro atoms. The summed E-state index contributed by atoms with van der Waals surface area (Å²) in [4.78, 5) is 16.0. The molecule has 0 unspecified atom stereocenters. The Hall–Kier alpha value is -2.80. The molecule has 0 bridgehead atoms. The molecule has 0 saturated carbocycles. The van der Waals surface area contributed by atoms with E-state index in [0.717, 1.165) is 22.6 Å². The van der Waals surface area contributed by atoms with Crippen LogP contribution in [-0.4, -0.2) is 28.1 Å². The second-order valence-electron chi connectivity index (χ2n) is 5.99. The van der Waals surface area contributed by atoms with Crippen molar-refractivity contribution in [1.29, 1.82) is 0 Å². The van der Waals surface area contributed by atoms with Crippen molar-refractivity contribution in [2.24, 2.45) is 0 Å². The van der Waals surface area contributed by atoms with Crippen LogP contribution >= 0.6 is 11.8 Å². The molecule has 1 aromatic heterocycles. The molecule has 0 atom stereocenters. The Bertz CT molecular complexity index is 940. The number of para-hydroxylation sites is 1. The lowest BCUT2D eigenvalue weighted by Gasteiger charge is -2.08. The number of benzene rings is 2. The zero-order chi connectivity index (χ0) is 19.2. The van der Waals surface area contributed by atoms with Gasteiger partial charge in [0.25, 0.3) is 0 Å². The van der Waals surface area contributed by atoms with E-state index in [9.17, 15) is 4.79 Å². The summed E-state index contributed by atoms with van der Waals surface area (Å²) in [6.45, 7) is 3.87. The number of nitrogens with zero attached hydrogens (tertiary/aromatic N) is 2. The largest absolute Gasteiger partial charge is 0.496 e. The van der Waals surface area contributed by atoms with Gasteiger partial charge in [0.15, 0.2) is 11.6 Å². The summed E-state index contributed by atoms with van der Waals surface area (Å²) in [5.74, 6) is 2.85. The quantitative estimate of drug-likeness (QED) is 0.464. The molecule has 0 saturated heterocycles. The molecule has 0 aliphatic carbocycles. The SMILES string of the molecule is COc1ccc(C(C)=O)cc1CSc1n[nH]c(COc2ccccc2C)n1. The van der Waals surface area contributed by atoms with Crippen LogP contribution in [0.1, 0.15) is 34.2 Å². The van der Waals surface area contributed by atoms with Crippen molar-refractivity contribution in [3.05, 3.63) is 65.0 Å². The van der Waals surface area contributed by atoms with Crippen LogP contribution in [0.3, 0.4) is 0 Å². The number of Topliss-reactive ketones (excluding diaryl/α,β-unsaturated/α-hetero) is 1. The number of carbonyl (C=O) groups is 1. The Balaban J connectivity index is 1.62. The van der Waals surface area contributed by atoms with Crippen LogP contribution in [0, 0.1) is 6.92 Å². The molecule has 3 rings (SSSR count). The zero-order valence-electron chi connectivity index (χ0n) is 15.5. The minimum Gasteiger partial charge on any atom is -0.496 e. The summed E-state index contributed by atoms with van der Waals surface area (Å²) in [5.41, 5.74) is 2.66. The van der Waals surface area contributed by atoms with E-state index in [1.54, 1.807) is 20.1 Å². The van der Waals surface area contributed by atoms with Crippen molar-refractivity contribution < 1.29 is 14.3 Å². The second-order valence-corrected chi connectivity index (χ2v) is 6.93. The van der Waals surface area contributed by atoms with E-state index in [1.165, 1.54) is 11.8 Å². The highest BCUT2D eigenvalue weighted by Crippen LogP contribution is 2.27. The third kappa shape index (κ3) is 4.89. The fourth-order valence-corrected chi connectivity index (χ4v) is 3.32. The number of nitrogens with one attached hydrogen (secondary N) is 1. The van der Waals surface area contributed by atoms with Gasteiger partial charge < -0.3 is 9.47 Å². The predicted octanol–water partition coefficient (Wildman–Crippen LogP) is 4.20. The monoisotopic (exact) mass is 383 g/mol. The first-order chi connectivity index (χ1) is 13.1. The fraction of sp³-hybridized carbons (Fsp3) is 0.250. The standard InChI is InChI=1S/C20H21N3O3S/c1-13-6-4-5-7-17(13)26-11-19-21-20(23-22-19)27-12-16-10-15(14(2)24)8-9-18(16)25-3/h4-10H,11-12H2,1-3H3,(H,21,22,23). The van der Waals surface area contributed by atoms with Gasteiger partial charge >= 0.3 is 0 Å². The maximum Gasteiger partial charge on any atom is 0.208 e. The molecule has 3 aromatic rings.